The number of sulfonamides is 1. The first-order valence-electron chi connectivity index (χ1n) is 8.62. The summed E-state index contributed by atoms with van der Waals surface area (Å²) in [5, 5.41) is 0. The van der Waals surface area contributed by atoms with E-state index in [9.17, 15) is 8.42 Å². The zero-order valence-corrected chi connectivity index (χ0v) is 14.7. The minimum absolute atomic E-state index is 0.204. The number of likely N-dealkylation sites (tertiary alicyclic amines) is 1. The van der Waals surface area contributed by atoms with Gasteiger partial charge in [-0.05, 0) is 51.1 Å². The maximum atomic E-state index is 12.0. The van der Waals surface area contributed by atoms with Crippen molar-refractivity contribution in [1.82, 2.24) is 9.21 Å². The highest BCUT2D eigenvalue weighted by Gasteiger charge is 2.30. The average molecular weight is 317 g/mol. The Morgan fingerprint density at radius 2 is 1.71 bits per heavy atom. The van der Waals surface area contributed by atoms with E-state index in [0.717, 1.165) is 37.8 Å². The lowest BCUT2D eigenvalue weighted by molar-refractivity contribution is 0.117. The molecule has 0 N–H and O–H groups in total. The molecule has 1 aliphatic heterocycles. The van der Waals surface area contributed by atoms with Gasteiger partial charge in [0.2, 0.25) is 10.0 Å². The molecule has 0 bridgehead atoms. The van der Waals surface area contributed by atoms with E-state index in [0.29, 0.717) is 0 Å². The third-order valence-electron chi connectivity index (χ3n) is 5.66. The van der Waals surface area contributed by atoms with Crippen molar-refractivity contribution in [2.24, 2.45) is 11.8 Å². The van der Waals surface area contributed by atoms with Gasteiger partial charge < -0.3 is 4.90 Å². The molecule has 0 amide bonds. The van der Waals surface area contributed by atoms with E-state index in [1.54, 1.807) is 18.3 Å². The maximum absolute atomic E-state index is 12.0. The molecule has 2 fully saturated rings. The van der Waals surface area contributed by atoms with Gasteiger partial charge in [-0.25, -0.2) is 12.7 Å². The third kappa shape index (κ3) is 4.42. The molecule has 0 radical (unpaired) electrons. The summed E-state index contributed by atoms with van der Waals surface area (Å²) in [6, 6.07) is 0.204. The number of rotatable bonds is 5. The normalized spacial score (nSPS) is 29.9. The van der Waals surface area contributed by atoms with Crippen molar-refractivity contribution in [3.63, 3.8) is 0 Å². The van der Waals surface area contributed by atoms with Crippen LogP contribution in [0.4, 0.5) is 0 Å². The van der Waals surface area contributed by atoms with Gasteiger partial charge >= 0.3 is 0 Å². The molecule has 4 nitrogen and oxygen atoms in total. The summed E-state index contributed by atoms with van der Waals surface area (Å²) in [4.78, 5) is 2.56. The van der Waals surface area contributed by atoms with E-state index in [2.05, 4.69) is 11.8 Å². The molecule has 0 aromatic rings. The summed E-state index contributed by atoms with van der Waals surface area (Å²) in [6.45, 7) is 7.46. The first-order valence-corrected chi connectivity index (χ1v) is 10.2. The van der Waals surface area contributed by atoms with Crippen LogP contribution < -0.4 is 0 Å². The first-order chi connectivity index (χ1) is 9.94. The van der Waals surface area contributed by atoms with Gasteiger partial charge in [0.15, 0.2) is 0 Å². The summed E-state index contributed by atoms with van der Waals surface area (Å²) >= 11 is 0. The second kappa shape index (κ2) is 7.42. The van der Waals surface area contributed by atoms with Crippen LogP contribution in [0, 0.1) is 11.8 Å². The highest BCUT2D eigenvalue weighted by Crippen LogP contribution is 2.31. The van der Waals surface area contributed by atoms with Gasteiger partial charge in [-0.2, -0.15) is 0 Å². The van der Waals surface area contributed by atoms with E-state index in [4.69, 9.17) is 0 Å². The summed E-state index contributed by atoms with van der Waals surface area (Å²) in [6.07, 6.45) is 7.53. The molecule has 0 unspecified atom stereocenters. The van der Waals surface area contributed by atoms with Gasteiger partial charge in [0.1, 0.15) is 0 Å². The van der Waals surface area contributed by atoms with Crippen LogP contribution in [-0.2, 0) is 10.0 Å². The SMILES string of the molecule is CCS(=O)(=O)N(C)C1CCN(C[C@@H]2CCCC[C@H]2C)CC1. The van der Waals surface area contributed by atoms with Gasteiger partial charge in [-0.1, -0.05) is 26.2 Å². The molecule has 0 aromatic heterocycles. The van der Waals surface area contributed by atoms with E-state index < -0.39 is 10.0 Å². The predicted molar refractivity (Wildman–Crippen MR) is 87.8 cm³/mol. The topological polar surface area (TPSA) is 40.6 Å². The Labute approximate surface area is 130 Å². The lowest BCUT2D eigenvalue weighted by atomic mass is 9.80. The Kier molecular flexibility index (Phi) is 6.09. The molecule has 2 aliphatic rings. The third-order valence-corrected chi connectivity index (χ3v) is 7.56. The number of nitrogens with zero attached hydrogens (tertiary/aromatic N) is 2. The molecule has 0 spiro atoms. The van der Waals surface area contributed by atoms with E-state index in [1.807, 2.05) is 0 Å². The van der Waals surface area contributed by atoms with Crippen molar-refractivity contribution in [3.05, 3.63) is 0 Å². The summed E-state index contributed by atoms with van der Waals surface area (Å²) in [5.74, 6) is 1.93. The Bertz CT molecular complexity index is 416. The first kappa shape index (κ1) is 17.2. The number of hydrogen-bond donors (Lipinski definition) is 0. The van der Waals surface area contributed by atoms with Crippen LogP contribution in [0.25, 0.3) is 0 Å². The fraction of sp³-hybridized carbons (Fsp3) is 1.00. The van der Waals surface area contributed by atoms with Gasteiger partial charge in [0, 0.05) is 19.6 Å². The summed E-state index contributed by atoms with van der Waals surface area (Å²) < 4.78 is 25.5. The highest BCUT2D eigenvalue weighted by atomic mass is 32.2. The lowest BCUT2D eigenvalue weighted by Crippen LogP contribution is -2.47. The minimum atomic E-state index is -3.04. The predicted octanol–water partition coefficient (Wildman–Crippen LogP) is 2.56. The molecule has 2 atom stereocenters. The molecule has 124 valence electrons. The van der Waals surface area contributed by atoms with Gasteiger partial charge in [0.05, 0.1) is 5.75 Å². The van der Waals surface area contributed by atoms with Crippen LogP contribution in [0.2, 0.25) is 0 Å². The lowest BCUT2D eigenvalue weighted by Gasteiger charge is -2.39. The van der Waals surface area contributed by atoms with Crippen molar-refractivity contribution in [3.8, 4) is 0 Å². The van der Waals surface area contributed by atoms with Gasteiger partial charge in [0.25, 0.3) is 0 Å². The highest BCUT2D eigenvalue weighted by molar-refractivity contribution is 7.89. The molecule has 1 saturated heterocycles. The molecule has 0 aromatic carbocycles. The van der Waals surface area contributed by atoms with Gasteiger partial charge in [-0.3, -0.25) is 0 Å². The zero-order chi connectivity index (χ0) is 15.5. The zero-order valence-electron chi connectivity index (χ0n) is 13.9. The number of piperidine rings is 1. The molecular formula is C16H32N2O2S. The fourth-order valence-corrected chi connectivity index (χ4v) is 4.96. The van der Waals surface area contributed by atoms with E-state index in [1.165, 1.54) is 32.2 Å². The molecule has 5 heteroatoms. The minimum Gasteiger partial charge on any atom is -0.303 e. The van der Waals surface area contributed by atoms with Crippen LogP contribution >= 0.6 is 0 Å². The van der Waals surface area contributed by atoms with E-state index in [-0.39, 0.29) is 11.8 Å². The summed E-state index contributed by atoms with van der Waals surface area (Å²) in [7, 11) is -1.28. The second-order valence-electron chi connectivity index (χ2n) is 6.97. The van der Waals surface area contributed by atoms with Crippen molar-refractivity contribution >= 4 is 10.0 Å². The van der Waals surface area contributed by atoms with Crippen molar-refractivity contribution < 1.29 is 8.42 Å². The molecule has 1 saturated carbocycles. The monoisotopic (exact) mass is 316 g/mol. The fourth-order valence-electron chi connectivity index (χ4n) is 3.89. The smallest absolute Gasteiger partial charge is 0.213 e. The Morgan fingerprint density at radius 3 is 2.29 bits per heavy atom. The van der Waals surface area contributed by atoms with Crippen molar-refractivity contribution in [2.45, 2.75) is 58.4 Å². The molecule has 21 heavy (non-hydrogen) atoms. The Hall–Kier alpha value is -0.130. The maximum Gasteiger partial charge on any atom is 0.213 e. The summed E-state index contributed by atoms with van der Waals surface area (Å²) in [5.41, 5.74) is 0. The standard InChI is InChI=1S/C16H32N2O2S/c1-4-21(19,20)17(3)16-9-11-18(12-10-16)13-15-8-6-5-7-14(15)2/h14-16H,4-13H2,1-3H3/t14-,15+/m1/s1. The van der Waals surface area contributed by atoms with Crippen molar-refractivity contribution in [1.29, 1.82) is 0 Å². The Morgan fingerprint density at radius 1 is 1.10 bits per heavy atom. The van der Waals surface area contributed by atoms with Crippen LogP contribution in [-0.4, -0.2) is 56.1 Å². The Balaban J connectivity index is 1.80. The van der Waals surface area contributed by atoms with E-state index >= 15 is 0 Å². The van der Waals surface area contributed by atoms with Crippen LogP contribution in [0.3, 0.4) is 0 Å². The molecular weight excluding hydrogens is 284 g/mol. The van der Waals surface area contributed by atoms with Gasteiger partial charge in [-0.15, -0.1) is 0 Å². The second-order valence-corrected chi connectivity index (χ2v) is 9.29. The number of hydrogen-bond acceptors (Lipinski definition) is 3. The van der Waals surface area contributed by atoms with Crippen LogP contribution in [0.1, 0.15) is 52.4 Å². The molecule has 2 rings (SSSR count). The quantitative estimate of drug-likeness (QED) is 0.782. The average Bonchev–Trinajstić information content (AvgIpc) is 2.49. The molecule has 1 aliphatic carbocycles. The van der Waals surface area contributed by atoms with Crippen molar-refractivity contribution in [2.75, 3.05) is 32.4 Å². The molecule has 1 heterocycles. The van der Waals surface area contributed by atoms with Crippen LogP contribution in [0.5, 0.6) is 0 Å². The van der Waals surface area contributed by atoms with Crippen LogP contribution in [0.15, 0.2) is 0 Å². The largest absolute Gasteiger partial charge is 0.303 e.